The predicted molar refractivity (Wildman–Crippen MR) is 110 cm³/mol. The van der Waals surface area contributed by atoms with Crippen molar-refractivity contribution in [3.8, 4) is 11.5 Å². The molecule has 0 aliphatic heterocycles. The lowest BCUT2D eigenvalue weighted by atomic mass is 10.2. The number of rotatable bonds is 7. The van der Waals surface area contributed by atoms with E-state index in [0.29, 0.717) is 23.8 Å². The minimum atomic E-state index is -0.234. The Bertz CT molecular complexity index is 912. The molecule has 0 saturated carbocycles. The number of aryl methyl sites for hydroxylation is 1. The second-order valence-corrected chi connectivity index (χ2v) is 6.93. The van der Waals surface area contributed by atoms with Crippen molar-refractivity contribution in [3.63, 3.8) is 0 Å². The molecular weight excluding hydrogens is 406 g/mol. The number of carbonyl (C=O) groups excluding carboxylic acids is 1. The van der Waals surface area contributed by atoms with Gasteiger partial charge in [-0.3, -0.25) is 4.79 Å². The van der Waals surface area contributed by atoms with E-state index in [1.807, 2.05) is 73.7 Å². The monoisotopic (exact) mass is 425 g/mol. The summed E-state index contributed by atoms with van der Waals surface area (Å²) in [6.07, 6.45) is 0. The van der Waals surface area contributed by atoms with E-state index in [-0.39, 0.29) is 12.5 Å². The first-order chi connectivity index (χ1) is 13.1. The molecule has 0 spiro atoms. The Hall–Kier alpha value is -2.79. The fraction of sp³-hybridized carbons (Fsp3) is 0.136. The maximum Gasteiger partial charge on any atom is 0.262 e. The lowest BCUT2D eigenvalue weighted by Crippen LogP contribution is -2.20. The van der Waals surface area contributed by atoms with Crippen LogP contribution in [0.3, 0.4) is 0 Å². The lowest BCUT2D eigenvalue weighted by molar-refractivity contribution is -0.118. The van der Waals surface area contributed by atoms with Crippen molar-refractivity contribution >= 4 is 27.5 Å². The van der Waals surface area contributed by atoms with Crippen molar-refractivity contribution in [3.05, 3.63) is 88.4 Å². The summed E-state index contributed by atoms with van der Waals surface area (Å²) in [6.45, 7) is 2.40. The van der Waals surface area contributed by atoms with Crippen molar-refractivity contribution in [1.82, 2.24) is 0 Å². The highest BCUT2D eigenvalue weighted by Gasteiger charge is 2.07. The van der Waals surface area contributed by atoms with Gasteiger partial charge in [-0.25, -0.2) is 0 Å². The molecule has 0 radical (unpaired) electrons. The maximum absolute atomic E-state index is 12.2. The van der Waals surface area contributed by atoms with E-state index in [1.54, 1.807) is 6.07 Å². The van der Waals surface area contributed by atoms with E-state index in [9.17, 15) is 4.79 Å². The number of carbonyl (C=O) groups is 1. The van der Waals surface area contributed by atoms with Crippen LogP contribution in [0.15, 0.2) is 77.3 Å². The SMILES string of the molecule is Cc1ccc(OCC(=O)Nc2cccc(OCc3ccccc3)c2)c(Br)c1. The topological polar surface area (TPSA) is 47.6 Å². The van der Waals surface area contributed by atoms with E-state index in [2.05, 4.69) is 21.2 Å². The maximum atomic E-state index is 12.2. The Morgan fingerprint density at radius 1 is 0.963 bits per heavy atom. The number of hydrogen-bond donors (Lipinski definition) is 1. The van der Waals surface area contributed by atoms with Crippen LogP contribution in [0, 0.1) is 6.92 Å². The van der Waals surface area contributed by atoms with Gasteiger partial charge in [0.25, 0.3) is 5.91 Å². The zero-order valence-corrected chi connectivity index (χ0v) is 16.5. The summed E-state index contributed by atoms with van der Waals surface area (Å²) in [5, 5.41) is 2.82. The molecule has 27 heavy (non-hydrogen) atoms. The summed E-state index contributed by atoms with van der Waals surface area (Å²) in [5.41, 5.74) is 2.87. The molecule has 0 saturated heterocycles. The summed E-state index contributed by atoms with van der Waals surface area (Å²) in [5.74, 6) is 1.09. The Labute approximate surface area is 167 Å². The number of ether oxygens (including phenoxy) is 2. The largest absolute Gasteiger partial charge is 0.489 e. The average Bonchev–Trinajstić information content (AvgIpc) is 2.67. The van der Waals surface area contributed by atoms with Gasteiger partial charge in [0, 0.05) is 11.8 Å². The van der Waals surface area contributed by atoms with Crippen LogP contribution in [0.5, 0.6) is 11.5 Å². The van der Waals surface area contributed by atoms with E-state index < -0.39 is 0 Å². The fourth-order valence-corrected chi connectivity index (χ4v) is 3.08. The number of benzene rings is 3. The number of halogens is 1. The molecule has 1 N–H and O–H groups in total. The molecule has 3 aromatic rings. The van der Waals surface area contributed by atoms with Crippen LogP contribution in [0.1, 0.15) is 11.1 Å². The van der Waals surface area contributed by atoms with Crippen LogP contribution in [-0.4, -0.2) is 12.5 Å². The van der Waals surface area contributed by atoms with Crippen LogP contribution in [0.25, 0.3) is 0 Å². The first-order valence-electron chi connectivity index (χ1n) is 8.56. The standard InChI is InChI=1S/C22H20BrNO3/c1-16-10-11-21(20(23)12-16)27-15-22(25)24-18-8-5-9-19(13-18)26-14-17-6-3-2-4-7-17/h2-13H,14-15H2,1H3,(H,24,25). The van der Waals surface area contributed by atoms with Crippen LogP contribution < -0.4 is 14.8 Å². The van der Waals surface area contributed by atoms with Crippen LogP contribution in [-0.2, 0) is 11.4 Å². The Balaban J connectivity index is 1.53. The van der Waals surface area contributed by atoms with E-state index in [4.69, 9.17) is 9.47 Å². The molecule has 4 nitrogen and oxygen atoms in total. The first kappa shape index (κ1) is 19.0. The van der Waals surface area contributed by atoms with Gasteiger partial charge in [0.15, 0.2) is 6.61 Å². The molecular formula is C22H20BrNO3. The van der Waals surface area contributed by atoms with Gasteiger partial charge in [-0.1, -0.05) is 42.5 Å². The summed E-state index contributed by atoms with van der Waals surface area (Å²) in [6, 6.07) is 23.0. The second-order valence-electron chi connectivity index (χ2n) is 6.07. The highest BCUT2D eigenvalue weighted by Crippen LogP contribution is 2.25. The zero-order valence-electron chi connectivity index (χ0n) is 14.9. The van der Waals surface area contributed by atoms with E-state index in [1.165, 1.54) is 0 Å². The third kappa shape index (κ3) is 5.86. The van der Waals surface area contributed by atoms with Gasteiger partial charge in [0.05, 0.1) is 4.47 Å². The Kier molecular flexibility index (Phi) is 6.49. The summed E-state index contributed by atoms with van der Waals surface area (Å²) >= 11 is 3.44. The third-order valence-corrected chi connectivity index (χ3v) is 4.43. The average molecular weight is 426 g/mol. The molecule has 0 unspecified atom stereocenters. The number of anilines is 1. The van der Waals surface area contributed by atoms with Crippen LogP contribution >= 0.6 is 15.9 Å². The zero-order chi connectivity index (χ0) is 19.1. The van der Waals surface area contributed by atoms with Crippen molar-refractivity contribution in [1.29, 1.82) is 0 Å². The van der Waals surface area contributed by atoms with Crippen molar-refractivity contribution in [2.75, 3.05) is 11.9 Å². The predicted octanol–water partition coefficient (Wildman–Crippen LogP) is 5.35. The fourth-order valence-electron chi connectivity index (χ4n) is 2.47. The van der Waals surface area contributed by atoms with Crippen molar-refractivity contribution in [2.24, 2.45) is 0 Å². The van der Waals surface area contributed by atoms with E-state index >= 15 is 0 Å². The first-order valence-corrected chi connectivity index (χ1v) is 9.35. The van der Waals surface area contributed by atoms with Gasteiger partial charge in [-0.2, -0.15) is 0 Å². The quantitative estimate of drug-likeness (QED) is 0.554. The van der Waals surface area contributed by atoms with Crippen LogP contribution in [0.4, 0.5) is 5.69 Å². The summed E-state index contributed by atoms with van der Waals surface area (Å²) in [4.78, 5) is 12.2. The molecule has 0 bridgehead atoms. The van der Waals surface area contributed by atoms with Gasteiger partial charge < -0.3 is 14.8 Å². The second kappa shape index (κ2) is 9.24. The minimum absolute atomic E-state index is 0.0727. The normalized spacial score (nSPS) is 10.3. The highest BCUT2D eigenvalue weighted by molar-refractivity contribution is 9.10. The molecule has 3 rings (SSSR count). The minimum Gasteiger partial charge on any atom is -0.489 e. The Morgan fingerprint density at radius 2 is 1.78 bits per heavy atom. The lowest BCUT2D eigenvalue weighted by Gasteiger charge is -2.11. The molecule has 0 aliphatic carbocycles. The smallest absolute Gasteiger partial charge is 0.262 e. The molecule has 138 valence electrons. The number of amides is 1. The van der Waals surface area contributed by atoms with Crippen LogP contribution in [0.2, 0.25) is 0 Å². The molecule has 0 fully saturated rings. The highest BCUT2D eigenvalue weighted by atomic mass is 79.9. The molecule has 3 aromatic carbocycles. The number of nitrogens with one attached hydrogen (secondary N) is 1. The van der Waals surface area contributed by atoms with Crippen molar-refractivity contribution < 1.29 is 14.3 Å². The van der Waals surface area contributed by atoms with E-state index in [0.717, 1.165) is 15.6 Å². The molecule has 0 aliphatic rings. The van der Waals surface area contributed by atoms with Gasteiger partial charge >= 0.3 is 0 Å². The van der Waals surface area contributed by atoms with Gasteiger partial charge in [0.2, 0.25) is 0 Å². The molecule has 0 atom stereocenters. The molecule has 5 heteroatoms. The molecule has 0 heterocycles. The summed E-state index contributed by atoms with van der Waals surface area (Å²) < 4.78 is 12.2. The van der Waals surface area contributed by atoms with Gasteiger partial charge in [0.1, 0.15) is 18.1 Å². The van der Waals surface area contributed by atoms with Gasteiger partial charge in [-0.05, 0) is 58.2 Å². The molecule has 1 amide bonds. The van der Waals surface area contributed by atoms with Crippen molar-refractivity contribution in [2.45, 2.75) is 13.5 Å². The molecule has 0 aromatic heterocycles. The third-order valence-electron chi connectivity index (χ3n) is 3.81. The Morgan fingerprint density at radius 3 is 2.56 bits per heavy atom. The summed E-state index contributed by atoms with van der Waals surface area (Å²) in [7, 11) is 0. The van der Waals surface area contributed by atoms with Gasteiger partial charge in [-0.15, -0.1) is 0 Å². The number of hydrogen-bond acceptors (Lipinski definition) is 3.